The number of nitriles is 2. The summed E-state index contributed by atoms with van der Waals surface area (Å²) in [4.78, 5) is 8.12. The van der Waals surface area contributed by atoms with Crippen molar-refractivity contribution in [3.63, 3.8) is 0 Å². The van der Waals surface area contributed by atoms with Crippen molar-refractivity contribution in [2.24, 2.45) is 4.99 Å². The smallest absolute Gasteiger partial charge is 0.213 e. The number of guanidine groups is 1. The second-order valence-corrected chi connectivity index (χ2v) is 8.07. The van der Waals surface area contributed by atoms with Gasteiger partial charge in [0.05, 0.1) is 17.7 Å². The van der Waals surface area contributed by atoms with E-state index in [1.54, 1.807) is 18.2 Å². The summed E-state index contributed by atoms with van der Waals surface area (Å²) in [6.45, 7) is 5.57. The number of hydrogen-bond acceptors (Lipinski definition) is 5. The molecule has 0 spiro atoms. The molecule has 152 valence electrons. The molecule has 30 heavy (non-hydrogen) atoms. The van der Waals surface area contributed by atoms with Crippen molar-refractivity contribution in [2.75, 3.05) is 13.1 Å². The van der Waals surface area contributed by atoms with Crippen LogP contribution in [-0.2, 0) is 6.54 Å². The van der Waals surface area contributed by atoms with Gasteiger partial charge in [-0.1, -0.05) is 30.3 Å². The predicted octanol–water partition coefficient (Wildman–Crippen LogP) is 2.79. The molecule has 2 aliphatic rings. The second-order valence-electron chi connectivity index (χ2n) is 8.07. The van der Waals surface area contributed by atoms with Crippen LogP contribution in [0.2, 0.25) is 0 Å². The highest BCUT2D eigenvalue weighted by molar-refractivity contribution is 5.83. The first-order valence-corrected chi connectivity index (χ1v) is 9.88. The minimum absolute atomic E-state index is 0.482. The molecule has 1 fully saturated rings. The van der Waals surface area contributed by atoms with Gasteiger partial charge in [-0.25, -0.2) is 0 Å². The SMILES string of the molecule is CC1(C)Oc2ccc(C#N)cc2C(N2CCN(Cc3ccccc3)/C2=N\C#N)C1O. The van der Waals surface area contributed by atoms with Gasteiger partial charge in [0.2, 0.25) is 12.2 Å². The molecule has 2 aromatic carbocycles. The van der Waals surface area contributed by atoms with Crippen molar-refractivity contribution >= 4 is 5.96 Å². The van der Waals surface area contributed by atoms with Crippen LogP contribution in [0.5, 0.6) is 5.75 Å². The Balaban J connectivity index is 1.74. The lowest BCUT2D eigenvalue weighted by atomic mass is 9.85. The van der Waals surface area contributed by atoms with E-state index in [-0.39, 0.29) is 0 Å². The van der Waals surface area contributed by atoms with Crippen LogP contribution in [0, 0.1) is 22.8 Å². The minimum atomic E-state index is -0.875. The number of aliphatic imine (C=N–C) groups is 1. The Morgan fingerprint density at radius 2 is 1.93 bits per heavy atom. The maximum atomic E-state index is 11.2. The average molecular weight is 401 g/mol. The first-order valence-electron chi connectivity index (χ1n) is 9.88. The van der Waals surface area contributed by atoms with Gasteiger partial charge in [-0.05, 0) is 37.6 Å². The van der Waals surface area contributed by atoms with Gasteiger partial charge < -0.3 is 19.6 Å². The van der Waals surface area contributed by atoms with E-state index in [0.29, 0.717) is 36.9 Å². The molecule has 2 aliphatic heterocycles. The topological polar surface area (TPSA) is 95.9 Å². The summed E-state index contributed by atoms with van der Waals surface area (Å²) in [6.07, 6.45) is 1.04. The third-order valence-electron chi connectivity index (χ3n) is 5.69. The zero-order valence-corrected chi connectivity index (χ0v) is 17.0. The normalized spacial score (nSPS) is 23.4. The van der Waals surface area contributed by atoms with Crippen LogP contribution >= 0.6 is 0 Å². The fourth-order valence-electron chi connectivity index (χ4n) is 4.18. The molecule has 4 rings (SSSR count). The zero-order valence-electron chi connectivity index (χ0n) is 17.0. The van der Waals surface area contributed by atoms with E-state index in [1.807, 2.05) is 60.2 Å². The van der Waals surface area contributed by atoms with Gasteiger partial charge in [0.25, 0.3) is 0 Å². The van der Waals surface area contributed by atoms with Crippen LogP contribution in [0.3, 0.4) is 0 Å². The molecule has 0 aromatic heterocycles. The summed E-state index contributed by atoms with van der Waals surface area (Å²) in [5, 5.41) is 29.9. The predicted molar refractivity (Wildman–Crippen MR) is 111 cm³/mol. The van der Waals surface area contributed by atoms with E-state index < -0.39 is 17.7 Å². The number of rotatable bonds is 3. The highest BCUT2D eigenvalue weighted by atomic mass is 16.5. The number of fused-ring (bicyclic) bond motifs is 1. The standard InChI is InChI=1S/C23H23N5O2/c1-23(2)21(29)20(18-12-17(13-24)8-9-19(18)30-23)28-11-10-27(22(28)26-15-25)14-16-6-4-3-5-7-16/h3-9,12,20-21,29H,10-11,14H2,1-2H3/b26-22+. The quantitative estimate of drug-likeness (QED) is 0.795. The van der Waals surface area contributed by atoms with Crippen LogP contribution in [0.25, 0.3) is 0 Å². The molecular weight excluding hydrogens is 378 g/mol. The maximum Gasteiger partial charge on any atom is 0.213 e. The van der Waals surface area contributed by atoms with Crippen molar-refractivity contribution in [3.8, 4) is 18.0 Å². The van der Waals surface area contributed by atoms with Crippen molar-refractivity contribution in [2.45, 2.75) is 38.1 Å². The number of hydrogen-bond donors (Lipinski definition) is 1. The Morgan fingerprint density at radius 3 is 2.63 bits per heavy atom. The van der Waals surface area contributed by atoms with E-state index in [4.69, 9.17) is 4.74 Å². The van der Waals surface area contributed by atoms with Gasteiger partial charge in [0, 0.05) is 25.2 Å². The van der Waals surface area contributed by atoms with Crippen LogP contribution < -0.4 is 4.74 Å². The number of benzene rings is 2. The number of aliphatic hydroxyl groups excluding tert-OH is 1. The number of nitrogens with zero attached hydrogens (tertiary/aromatic N) is 5. The summed E-state index contributed by atoms with van der Waals surface area (Å²) in [7, 11) is 0. The van der Waals surface area contributed by atoms with E-state index in [1.165, 1.54) is 0 Å². The van der Waals surface area contributed by atoms with Gasteiger partial charge >= 0.3 is 0 Å². The average Bonchev–Trinajstić information content (AvgIpc) is 3.11. The zero-order chi connectivity index (χ0) is 21.3. The number of aliphatic hydroxyl groups is 1. The molecule has 7 nitrogen and oxygen atoms in total. The van der Waals surface area contributed by atoms with Gasteiger partial charge in [-0.2, -0.15) is 10.5 Å². The maximum absolute atomic E-state index is 11.2. The molecule has 2 heterocycles. The summed E-state index contributed by atoms with van der Waals surface area (Å²) < 4.78 is 6.03. The molecule has 0 aliphatic carbocycles. The first kappa shape index (κ1) is 19.8. The lowest BCUT2D eigenvalue weighted by Gasteiger charge is -2.45. The molecule has 0 radical (unpaired) electrons. The fourth-order valence-corrected chi connectivity index (χ4v) is 4.18. The highest BCUT2D eigenvalue weighted by Crippen LogP contribution is 2.44. The Hall–Kier alpha value is -3.55. The molecule has 7 heteroatoms. The lowest BCUT2D eigenvalue weighted by Crippen LogP contribution is -2.54. The Kier molecular flexibility index (Phi) is 5.07. The largest absolute Gasteiger partial charge is 0.485 e. The molecular formula is C23H23N5O2. The summed E-state index contributed by atoms with van der Waals surface area (Å²) >= 11 is 0. The third kappa shape index (κ3) is 3.45. The second kappa shape index (κ2) is 7.70. The molecule has 1 saturated heterocycles. The van der Waals surface area contributed by atoms with Gasteiger partial charge in [-0.3, -0.25) is 0 Å². The van der Waals surface area contributed by atoms with E-state index in [2.05, 4.69) is 11.1 Å². The Morgan fingerprint density at radius 1 is 1.17 bits per heavy atom. The van der Waals surface area contributed by atoms with Crippen molar-refractivity contribution in [3.05, 3.63) is 65.2 Å². The van der Waals surface area contributed by atoms with Crippen LogP contribution in [0.4, 0.5) is 0 Å². The third-order valence-corrected chi connectivity index (χ3v) is 5.69. The molecule has 0 saturated carbocycles. The van der Waals surface area contributed by atoms with Gasteiger partial charge in [0.15, 0.2) is 0 Å². The lowest BCUT2D eigenvalue weighted by molar-refractivity contribution is -0.0801. The van der Waals surface area contributed by atoms with Crippen molar-refractivity contribution in [1.82, 2.24) is 9.80 Å². The van der Waals surface area contributed by atoms with Gasteiger partial charge in [-0.15, -0.1) is 4.99 Å². The monoisotopic (exact) mass is 401 g/mol. The molecule has 2 aromatic rings. The van der Waals surface area contributed by atoms with Crippen LogP contribution in [0.15, 0.2) is 53.5 Å². The molecule has 0 amide bonds. The van der Waals surface area contributed by atoms with Crippen molar-refractivity contribution in [1.29, 1.82) is 10.5 Å². The minimum Gasteiger partial charge on any atom is -0.485 e. The Labute approximate surface area is 176 Å². The first-order chi connectivity index (χ1) is 14.4. The highest BCUT2D eigenvalue weighted by Gasteiger charge is 2.48. The van der Waals surface area contributed by atoms with Crippen molar-refractivity contribution < 1.29 is 9.84 Å². The van der Waals surface area contributed by atoms with Crippen LogP contribution in [0.1, 0.15) is 36.6 Å². The van der Waals surface area contributed by atoms with E-state index in [9.17, 15) is 15.6 Å². The molecule has 2 atom stereocenters. The molecule has 0 bridgehead atoms. The van der Waals surface area contributed by atoms with Gasteiger partial charge in [0.1, 0.15) is 17.5 Å². The molecule has 1 N–H and O–H groups in total. The summed E-state index contributed by atoms with van der Waals surface area (Å²) in [6, 6.07) is 16.9. The summed E-state index contributed by atoms with van der Waals surface area (Å²) in [5.74, 6) is 1.16. The van der Waals surface area contributed by atoms with Crippen LogP contribution in [-0.4, -0.2) is 45.7 Å². The fraction of sp³-hybridized carbons (Fsp3) is 0.348. The van der Waals surface area contributed by atoms with E-state index in [0.717, 1.165) is 11.1 Å². The Bertz CT molecular complexity index is 1050. The summed E-state index contributed by atoms with van der Waals surface area (Å²) in [5.41, 5.74) is 1.50. The molecule has 2 unspecified atom stereocenters. The number of ether oxygens (including phenoxy) is 1. The van der Waals surface area contributed by atoms with E-state index >= 15 is 0 Å².